The molecule has 0 saturated heterocycles. The lowest BCUT2D eigenvalue weighted by Gasteiger charge is -2.36. The molecule has 3 aromatic carbocycles. The SMILES string of the molecule is Cc1ccc(N2CCc3ccccc3C2C#Cc2ccccc2)cc1C. The van der Waals surface area contributed by atoms with Gasteiger partial charge in [-0.3, -0.25) is 0 Å². The molecular formula is C25H23N. The van der Waals surface area contributed by atoms with Crippen LogP contribution in [0.1, 0.15) is 33.9 Å². The number of hydrogen-bond acceptors (Lipinski definition) is 1. The lowest BCUT2D eigenvalue weighted by Crippen LogP contribution is -2.34. The van der Waals surface area contributed by atoms with Gasteiger partial charge in [-0.1, -0.05) is 60.4 Å². The van der Waals surface area contributed by atoms with Crippen LogP contribution in [0.4, 0.5) is 5.69 Å². The molecule has 0 fully saturated rings. The minimum absolute atomic E-state index is 0.0854. The highest BCUT2D eigenvalue weighted by Gasteiger charge is 2.26. The van der Waals surface area contributed by atoms with E-state index in [0.29, 0.717) is 0 Å². The lowest BCUT2D eigenvalue weighted by molar-refractivity contribution is 0.681. The second-order valence-corrected chi connectivity index (χ2v) is 6.95. The number of benzene rings is 3. The summed E-state index contributed by atoms with van der Waals surface area (Å²) in [6, 6.07) is 25.8. The summed E-state index contributed by atoms with van der Waals surface area (Å²) in [6.45, 7) is 5.34. The standard InChI is InChI=1S/C25H23N/c1-19-12-14-23(18-20(19)2)26-17-16-22-10-6-7-11-24(22)25(26)15-13-21-8-4-3-5-9-21/h3-12,14,18,25H,16-17H2,1-2H3. The van der Waals surface area contributed by atoms with Crippen molar-refractivity contribution in [2.75, 3.05) is 11.4 Å². The smallest absolute Gasteiger partial charge is 0.117 e. The third-order valence-electron chi connectivity index (χ3n) is 5.23. The van der Waals surface area contributed by atoms with E-state index < -0.39 is 0 Å². The van der Waals surface area contributed by atoms with Crippen LogP contribution in [0, 0.1) is 25.7 Å². The Morgan fingerprint density at radius 3 is 2.42 bits per heavy atom. The molecule has 0 aliphatic carbocycles. The Balaban J connectivity index is 1.78. The number of anilines is 1. The Bertz CT molecular complexity index is 976. The highest BCUT2D eigenvalue weighted by Crippen LogP contribution is 2.34. The van der Waals surface area contributed by atoms with E-state index in [2.05, 4.69) is 85.2 Å². The first kappa shape index (κ1) is 16.5. The van der Waals surface area contributed by atoms with Crippen molar-refractivity contribution in [3.05, 3.63) is 101 Å². The zero-order valence-electron chi connectivity index (χ0n) is 15.4. The van der Waals surface area contributed by atoms with E-state index in [1.807, 2.05) is 18.2 Å². The molecule has 26 heavy (non-hydrogen) atoms. The molecule has 1 unspecified atom stereocenters. The summed E-state index contributed by atoms with van der Waals surface area (Å²) in [4.78, 5) is 2.45. The van der Waals surface area contributed by atoms with Gasteiger partial charge in [0.2, 0.25) is 0 Å². The molecule has 1 nitrogen and oxygen atoms in total. The zero-order valence-corrected chi connectivity index (χ0v) is 15.4. The molecule has 1 aliphatic rings. The molecule has 1 heteroatoms. The van der Waals surface area contributed by atoms with Crippen LogP contribution < -0.4 is 4.90 Å². The van der Waals surface area contributed by atoms with E-state index in [-0.39, 0.29) is 6.04 Å². The zero-order chi connectivity index (χ0) is 17.9. The monoisotopic (exact) mass is 337 g/mol. The maximum atomic E-state index is 3.55. The Morgan fingerprint density at radius 2 is 1.62 bits per heavy atom. The van der Waals surface area contributed by atoms with E-state index in [1.165, 1.54) is 27.9 Å². The van der Waals surface area contributed by atoms with Gasteiger partial charge in [0.15, 0.2) is 0 Å². The Labute approximate surface area is 156 Å². The highest BCUT2D eigenvalue weighted by molar-refractivity contribution is 5.57. The largest absolute Gasteiger partial charge is 0.353 e. The number of nitrogens with zero attached hydrogens (tertiary/aromatic N) is 1. The van der Waals surface area contributed by atoms with Gasteiger partial charge >= 0.3 is 0 Å². The van der Waals surface area contributed by atoms with Crippen molar-refractivity contribution in [2.24, 2.45) is 0 Å². The van der Waals surface area contributed by atoms with E-state index >= 15 is 0 Å². The second-order valence-electron chi connectivity index (χ2n) is 6.95. The van der Waals surface area contributed by atoms with E-state index in [9.17, 15) is 0 Å². The predicted molar refractivity (Wildman–Crippen MR) is 109 cm³/mol. The summed E-state index contributed by atoms with van der Waals surface area (Å²) >= 11 is 0. The molecule has 0 saturated carbocycles. The fourth-order valence-corrected chi connectivity index (χ4v) is 3.58. The molecule has 1 heterocycles. The number of fused-ring (bicyclic) bond motifs is 1. The van der Waals surface area contributed by atoms with Gasteiger partial charge in [0.1, 0.15) is 6.04 Å². The fraction of sp³-hybridized carbons (Fsp3) is 0.200. The van der Waals surface area contributed by atoms with Crippen LogP contribution >= 0.6 is 0 Å². The van der Waals surface area contributed by atoms with Crippen LogP contribution in [0.25, 0.3) is 0 Å². The van der Waals surface area contributed by atoms with Crippen LogP contribution in [0.3, 0.4) is 0 Å². The average molecular weight is 337 g/mol. The Kier molecular flexibility index (Phi) is 4.50. The summed E-state index contributed by atoms with van der Waals surface area (Å²) in [5, 5.41) is 0. The summed E-state index contributed by atoms with van der Waals surface area (Å²) < 4.78 is 0. The van der Waals surface area contributed by atoms with Crippen LogP contribution in [-0.4, -0.2) is 6.54 Å². The van der Waals surface area contributed by atoms with Crippen molar-refractivity contribution in [2.45, 2.75) is 26.3 Å². The van der Waals surface area contributed by atoms with Crippen LogP contribution in [-0.2, 0) is 6.42 Å². The van der Waals surface area contributed by atoms with Crippen molar-refractivity contribution < 1.29 is 0 Å². The van der Waals surface area contributed by atoms with Gasteiger partial charge in [0.05, 0.1) is 0 Å². The average Bonchev–Trinajstić information content (AvgIpc) is 2.69. The predicted octanol–water partition coefficient (Wildman–Crippen LogP) is 5.46. The number of rotatable bonds is 1. The molecule has 0 amide bonds. The molecular weight excluding hydrogens is 314 g/mol. The third kappa shape index (κ3) is 3.24. The Morgan fingerprint density at radius 1 is 0.846 bits per heavy atom. The maximum Gasteiger partial charge on any atom is 0.117 e. The van der Waals surface area contributed by atoms with E-state index in [1.54, 1.807) is 0 Å². The molecule has 0 N–H and O–H groups in total. The van der Waals surface area contributed by atoms with Crippen molar-refractivity contribution >= 4 is 5.69 Å². The summed E-state index contributed by atoms with van der Waals surface area (Å²) in [5.74, 6) is 6.94. The number of aryl methyl sites for hydroxylation is 2. The molecule has 0 spiro atoms. The van der Waals surface area contributed by atoms with Gasteiger partial charge in [-0.05, 0) is 66.8 Å². The maximum absolute atomic E-state index is 3.55. The third-order valence-corrected chi connectivity index (χ3v) is 5.23. The van der Waals surface area contributed by atoms with Gasteiger partial charge in [-0.2, -0.15) is 0 Å². The molecule has 0 aromatic heterocycles. The van der Waals surface area contributed by atoms with Gasteiger partial charge in [-0.15, -0.1) is 0 Å². The lowest BCUT2D eigenvalue weighted by atomic mass is 9.92. The normalized spacial score (nSPS) is 15.8. The molecule has 0 radical (unpaired) electrons. The second kappa shape index (κ2) is 7.10. The van der Waals surface area contributed by atoms with Gasteiger partial charge in [-0.25, -0.2) is 0 Å². The number of hydrogen-bond donors (Lipinski definition) is 0. The van der Waals surface area contributed by atoms with Gasteiger partial charge in [0.25, 0.3) is 0 Å². The molecule has 4 rings (SSSR count). The van der Waals surface area contributed by atoms with Crippen LogP contribution in [0.5, 0.6) is 0 Å². The van der Waals surface area contributed by atoms with E-state index in [4.69, 9.17) is 0 Å². The molecule has 1 atom stereocenters. The summed E-state index contributed by atoms with van der Waals surface area (Å²) in [6.07, 6.45) is 1.06. The molecule has 0 bridgehead atoms. The molecule has 128 valence electrons. The fourth-order valence-electron chi connectivity index (χ4n) is 3.58. The highest BCUT2D eigenvalue weighted by atomic mass is 15.2. The summed E-state index contributed by atoms with van der Waals surface area (Å²) in [7, 11) is 0. The minimum atomic E-state index is 0.0854. The first-order valence-corrected chi connectivity index (χ1v) is 9.21. The molecule has 3 aromatic rings. The van der Waals surface area contributed by atoms with Crippen LogP contribution in [0.15, 0.2) is 72.8 Å². The van der Waals surface area contributed by atoms with Crippen molar-refractivity contribution in [1.29, 1.82) is 0 Å². The molecule has 1 aliphatic heterocycles. The topological polar surface area (TPSA) is 3.24 Å². The minimum Gasteiger partial charge on any atom is -0.353 e. The van der Waals surface area contributed by atoms with E-state index in [0.717, 1.165) is 18.5 Å². The first-order chi connectivity index (χ1) is 12.7. The first-order valence-electron chi connectivity index (χ1n) is 9.21. The Hall–Kier alpha value is -2.98. The van der Waals surface area contributed by atoms with Crippen LogP contribution in [0.2, 0.25) is 0 Å². The van der Waals surface area contributed by atoms with Crippen molar-refractivity contribution in [3.63, 3.8) is 0 Å². The van der Waals surface area contributed by atoms with Crippen molar-refractivity contribution in [3.8, 4) is 11.8 Å². The van der Waals surface area contributed by atoms with Gasteiger partial charge in [0, 0.05) is 17.8 Å². The summed E-state index contributed by atoms with van der Waals surface area (Å²) in [5.41, 5.74) is 7.74. The van der Waals surface area contributed by atoms with Crippen molar-refractivity contribution in [1.82, 2.24) is 0 Å². The quantitative estimate of drug-likeness (QED) is 0.533. The van der Waals surface area contributed by atoms with Gasteiger partial charge < -0.3 is 4.90 Å².